The van der Waals surface area contributed by atoms with Crippen LogP contribution in [0.5, 0.6) is 0 Å². The van der Waals surface area contributed by atoms with E-state index in [-0.39, 0.29) is 5.54 Å². The van der Waals surface area contributed by atoms with Crippen molar-refractivity contribution in [3.63, 3.8) is 0 Å². The molecule has 0 amide bonds. The van der Waals surface area contributed by atoms with E-state index in [1.165, 1.54) is 25.0 Å². The summed E-state index contributed by atoms with van der Waals surface area (Å²) in [7, 11) is 0. The van der Waals surface area contributed by atoms with Crippen LogP contribution in [0.1, 0.15) is 47.5 Å². The number of allylic oxidation sites excluding steroid dienone is 1. The van der Waals surface area contributed by atoms with Gasteiger partial charge in [0.25, 0.3) is 0 Å². The van der Waals surface area contributed by atoms with Crippen molar-refractivity contribution in [1.29, 1.82) is 0 Å². The highest BCUT2D eigenvalue weighted by Crippen LogP contribution is 2.39. The van der Waals surface area contributed by atoms with E-state index in [0.717, 1.165) is 0 Å². The maximum Gasteiger partial charge on any atom is 0.0416 e. The van der Waals surface area contributed by atoms with Gasteiger partial charge in [-0.25, -0.2) is 0 Å². The summed E-state index contributed by atoms with van der Waals surface area (Å²) in [5, 5.41) is 3.66. The smallest absolute Gasteiger partial charge is 0.0416 e. The molecule has 0 radical (unpaired) electrons. The van der Waals surface area contributed by atoms with Crippen LogP contribution in [-0.2, 0) is 0 Å². The van der Waals surface area contributed by atoms with Crippen molar-refractivity contribution >= 4 is 0 Å². The highest BCUT2D eigenvalue weighted by molar-refractivity contribution is 5.18. The van der Waals surface area contributed by atoms with Crippen LogP contribution in [0.4, 0.5) is 0 Å². The van der Waals surface area contributed by atoms with Gasteiger partial charge in [0.2, 0.25) is 0 Å². The summed E-state index contributed by atoms with van der Waals surface area (Å²) in [4.78, 5) is 0. The van der Waals surface area contributed by atoms with Crippen LogP contribution in [-0.4, -0.2) is 12.1 Å². The van der Waals surface area contributed by atoms with E-state index in [4.69, 9.17) is 0 Å². The number of nitrogens with one attached hydrogen (secondary N) is 1. The minimum Gasteiger partial charge on any atom is -0.307 e. The largest absolute Gasteiger partial charge is 0.307 e. The summed E-state index contributed by atoms with van der Waals surface area (Å²) >= 11 is 0. The third-order valence-electron chi connectivity index (χ3n) is 3.06. The zero-order chi connectivity index (χ0) is 10.1. The van der Waals surface area contributed by atoms with Crippen molar-refractivity contribution in [1.82, 2.24) is 5.32 Å². The van der Waals surface area contributed by atoms with Gasteiger partial charge >= 0.3 is 0 Å². The molecule has 1 N–H and O–H groups in total. The van der Waals surface area contributed by atoms with Crippen LogP contribution in [0.3, 0.4) is 0 Å². The normalized spacial score (nSPS) is 29.0. The van der Waals surface area contributed by atoms with E-state index in [9.17, 15) is 0 Å². The molecule has 0 spiro atoms. The average Bonchev–Trinajstić information content (AvgIpc) is 2.33. The first-order valence-electron chi connectivity index (χ1n) is 5.28. The molecule has 13 heavy (non-hydrogen) atoms. The molecule has 0 saturated carbocycles. The fraction of sp³-hybridized carbons (Fsp3) is 0.833. The molecule has 76 valence electrons. The Balaban J connectivity index is 2.95. The lowest BCUT2D eigenvalue weighted by Gasteiger charge is -2.40. The first-order valence-corrected chi connectivity index (χ1v) is 5.28. The average molecular weight is 181 g/mol. The molecule has 0 aromatic rings. The van der Waals surface area contributed by atoms with Gasteiger partial charge in [-0.3, -0.25) is 0 Å². The molecule has 1 aliphatic heterocycles. The predicted molar refractivity (Wildman–Crippen MR) is 58.9 cm³/mol. The van der Waals surface area contributed by atoms with Gasteiger partial charge in [-0.15, -0.1) is 0 Å². The standard InChI is InChI=1S/C12H23N/c1-10(2)9-12(11(3,4)5)7-6-8-13-12/h9,13H,6-8H2,1-5H3. The molecule has 1 rings (SSSR count). The fourth-order valence-corrected chi connectivity index (χ4v) is 2.24. The molecule has 1 nitrogen and oxygen atoms in total. The van der Waals surface area contributed by atoms with Crippen LogP contribution in [0, 0.1) is 5.41 Å². The fourth-order valence-electron chi connectivity index (χ4n) is 2.24. The molecule has 1 heteroatoms. The molecule has 1 atom stereocenters. The highest BCUT2D eigenvalue weighted by atomic mass is 15.0. The van der Waals surface area contributed by atoms with Crippen molar-refractivity contribution in [2.24, 2.45) is 5.41 Å². The Kier molecular flexibility index (Phi) is 2.86. The summed E-state index contributed by atoms with van der Waals surface area (Å²) in [5.74, 6) is 0. The summed E-state index contributed by atoms with van der Waals surface area (Å²) in [6.07, 6.45) is 5.00. The summed E-state index contributed by atoms with van der Waals surface area (Å²) in [6, 6.07) is 0. The molecule has 0 bridgehead atoms. The van der Waals surface area contributed by atoms with Crippen molar-refractivity contribution < 1.29 is 0 Å². The first-order chi connectivity index (χ1) is 5.87. The molecule has 1 heterocycles. The highest BCUT2D eigenvalue weighted by Gasteiger charge is 2.41. The summed E-state index contributed by atoms with van der Waals surface area (Å²) in [6.45, 7) is 12.5. The zero-order valence-corrected chi connectivity index (χ0v) is 9.70. The van der Waals surface area contributed by atoms with E-state index in [0.29, 0.717) is 5.41 Å². The van der Waals surface area contributed by atoms with Crippen LogP contribution in [0.2, 0.25) is 0 Å². The molecule has 1 saturated heterocycles. The second-order valence-corrected chi connectivity index (χ2v) is 5.47. The Morgan fingerprint density at radius 1 is 1.31 bits per heavy atom. The summed E-state index contributed by atoms with van der Waals surface area (Å²) < 4.78 is 0. The van der Waals surface area contributed by atoms with Crippen LogP contribution in [0.25, 0.3) is 0 Å². The first kappa shape index (κ1) is 10.8. The molecule has 1 aliphatic rings. The van der Waals surface area contributed by atoms with Crippen LogP contribution < -0.4 is 5.32 Å². The predicted octanol–water partition coefficient (Wildman–Crippen LogP) is 3.12. The number of hydrogen-bond acceptors (Lipinski definition) is 1. The summed E-state index contributed by atoms with van der Waals surface area (Å²) in [5.41, 5.74) is 1.98. The molecule has 1 fully saturated rings. The molecular weight excluding hydrogens is 158 g/mol. The van der Waals surface area contributed by atoms with Crippen LogP contribution in [0.15, 0.2) is 11.6 Å². The van der Waals surface area contributed by atoms with Crippen molar-refractivity contribution in [3.8, 4) is 0 Å². The minimum absolute atomic E-state index is 0.242. The molecular formula is C12H23N. The third-order valence-corrected chi connectivity index (χ3v) is 3.06. The van der Waals surface area contributed by atoms with E-state index in [2.05, 4.69) is 46.0 Å². The van der Waals surface area contributed by atoms with Gasteiger partial charge in [0.1, 0.15) is 0 Å². The van der Waals surface area contributed by atoms with Gasteiger partial charge in [0, 0.05) is 5.54 Å². The maximum absolute atomic E-state index is 3.66. The Labute approximate surface area is 82.6 Å². The lowest BCUT2D eigenvalue weighted by Crippen LogP contribution is -2.49. The van der Waals surface area contributed by atoms with Crippen LogP contribution >= 0.6 is 0 Å². The Bertz CT molecular complexity index is 198. The second-order valence-electron chi connectivity index (χ2n) is 5.47. The van der Waals surface area contributed by atoms with Crippen molar-refractivity contribution in [2.45, 2.75) is 53.0 Å². The van der Waals surface area contributed by atoms with Gasteiger partial charge in [-0.05, 0) is 38.6 Å². The van der Waals surface area contributed by atoms with Gasteiger partial charge in [-0.1, -0.05) is 32.4 Å². The van der Waals surface area contributed by atoms with Gasteiger partial charge < -0.3 is 5.32 Å². The van der Waals surface area contributed by atoms with Gasteiger partial charge in [-0.2, -0.15) is 0 Å². The third kappa shape index (κ3) is 2.14. The number of hydrogen-bond donors (Lipinski definition) is 1. The van der Waals surface area contributed by atoms with E-state index in [1.54, 1.807) is 0 Å². The van der Waals surface area contributed by atoms with Gasteiger partial charge in [0.05, 0.1) is 0 Å². The zero-order valence-electron chi connectivity index (χ0n) is 9.70. The maximum atomic E-state index is 3.66. The Hall–Kier alpha value is -0.300. The minimum atomic E-state index is 0.242. The van der Waals surface area contributed by atoms with Gasteiger partial charge in [0.15, 0.2) is 0 Å². The van der Waals surface area contributed by atoms with Crippen molar-refractivity contribution in [3.05, 3.63) is 11.6 Å². The topological polar surface area (TPSA) is 12.0 Å². The molecule has 0 aromatic heterocycles. The Morgan fingerprint density at radius 3 is 2.23 bits per heavy atom. The quantitative estimate of drug-likeness (QED) is 0.613. The molecule has 1 unspecified atom stereocenters. The Morgan fingerprint density at radius 2 is 1.92 bits per heavy atom. The van der Waals surface area contributed by atoms with Crippen molar-refractivity contribution in [2.75, 3.05) is 6.54 Å². The lowest BCUT2D eigenvalue weighted by molar-refractivity contribution is 0.213. The molecule has 0 aromatic carbocycles. The monoisotopic (exact) mass is 181 g/mol. The van der Waals surface area contributed by atoms with E-state index in [1.807, 2.05) is 0 Å². The molecule has 0 aliphatic carbocycles. The number of rotatable bonds is 1. The lowest BCUT2D eigenvalue weighted by atomic mass is 9.72. The van der Waals surface area contributed by atoms with E-state index >= 15 is 0 Å². The van der Waals surface area contributed by atoms with E-state index < -0.39 is 0 Å². The second kappa shape index (κ2) is 3.45. The SMILES string of the molecule is CC(C)=CC1(C(C)(C)C)CCCN1.